The summed E-state index contributed by atoms with van der Waals surface area (Å²) >= 11 is 9.80. The fourth-order valence-corrected chi connectivity index (χ4v) is 6.59. The van der Waals surface area contributed by atoms with Gasteiger partial charge in [0, 0.05) is 30.3 Å². The fourth-order valence-electron chi connectivity index (χ4n) is 5.09. The molecule has 2 aromatic heterocycles. The molecule has 2 aliphatic rings. The van der Waals surface area contributed by atoms with E-state index >= 15 is 0 Å². The number of thioether (sulfide) groups is 1. The van der Waals surface area contributed by atoms with Crippen molar-refractivity contribution in [1.29, 1.82) is 0 Å². The number of fused-ring (bicyclic) bond motifs is 1. The van der Waals surface area contributed by atoms with Crippen LogP contribution in [0.4, 0.5) is 5.82 Å². The van der Waals surface area contributed by atoms with Gasteiger partial charge in [-0.1, -0.05) is 36.2 Å². The molecule has 33 heavy (non-hydrogen) atoms. The molecule has 5 rings (SSSR count). The molecule has 0 bridgehead atoms. The van der Waals surface area contributed by atoms with Gasteiger partial charge in [0.05, 0.1) is 34.6 Å². The van der Waals surface area contributed by atoms with Crippen LogP contribution in [0.15, 0.2) is 45.6 Å². The zero-order chi connectivity index (χ0) is 22.8. The summed E-state index contributed by atoms with van der Waals surface area (Å²) in [6, 6.07) is 3.74. The van der Waals surface area contributed by atoms with Crippen LogP contribution < -0.4 is 10.5 Å². The van der Waals surface area contributed by atoms with Gasteiger partial charge in [0.2, 0.25) is 0 Å². The lowest BCUT2D eigenvalue weighted by atomic mass is 9.77. The Bertz CT molecular complexity index is 1180. The van der Waals surface area contributed by atoms with Crippen LogP contribution in [0.5, 0.6) is 0 Å². The van der Waals surface area contributed by atoms with Gasteiger partial charge in [-0.3, -0.25) is 9.36 Å². The average molecular weight is 502 g/mol. The highest BCUT2D eigenvalue weighted by molar-refractivity contribution is 7.99. The molecule has 1 aromatic carbocycles. The van der Waals surface area contributed by atoms with Gasteiger partial charge in [-0.05, 0) is 49.5 Å². The summed E-state index contributed by atoms with van der Waals surface area (Å²) in [4.78, 5) is 29.9. The lowest BCUT2D eigenvalue weighted by Crippen LogP contribution is -2.39. The first-order chi connectivity index (χ1) is 16.1. The van der Waals surface area contributed by atoms with Crippen molar-refractivity contribution in [1.82, 2.24) is 19.5 Å². The maximum absolute atomic E-state index is 13.0. The summed E-state index contributed by atoms with van der Waals surface area (Å²) < 4.78 is 1.63. The van der Waals surface area contributed by atoms with E-state index in [4.69, 9.17) is 11.6 Å². The predicted octanol–water partition coefficient (Wildman–Crippen LogP) is 5.51. The number of benzene rings is 1. The van der Waals surface area contributed by atoms with Crippen LogP contribution in [-0.2, 0) is 6.54 Å². The lowest BCUT2D eigenvalue weighted by molar-refractivity contribution is 0.226. The number of nitrogens with zero attached hydrogens (tertiary/aromatic N) is 5. The second-order valence-electron chi connectivity index (χ2n) is 9.02. The van der Waals surface area contributed by atoms with Gasteiger partial charge in [0.15, 0.2) is 0 Å². The number of rotatable bonds is 6. The molecule has 0 unspecified atom stereocenters. The quantitative estimate of drug-likeness (QED) is 0.441. The van der Waals surface area contributed by atoms with Crippen LogP contribution in [0, 0.1) is 5.41 Å². The minimum atomic E-state index is -0.104. The van der Waals surface area contributed by atoms with E-state index in [1.807, 2.05) is 24.6 Å². The predicted molar refractivity (Wildman–Crippen MR) is 138 cm³/mol. The van der Waals surface area contributed by atoms with Crippen molar-refractivity contribution in [2.75, 3.05) is 30.0 Å². The van der Waals surface area contributed by atoms with Gasteiger partial charge in [0.25, 0.3) is 5.56 Å². The number of aryl methyl sites for hydroxylation is 1. The zero-order valence-electron chi connectivity index (χ0n) is 18.8. The normalized spacial score (nSPS) is 17.8. The first-order valence-electron chi connectivity index (χ1n) is 11.5. The lowest BCUT2D eigenvalue weighted by Gasteiger charge is -2.39. The Morgan fingerprint density at radius 1 is 1.06 bits per heavy atom. The molecule has 3 heterocycles. The van der Waals surface area contributed by atoms with Crippen molar-refractivity contribution < 1.29 is 0 Å². The molecule has 174 valence electrons. The summed E-state index contributed by atoms with van der Waals surface area (Å²) in [6.07, 6.45) is 15.4. The number of hydrogen-bond donors (Lipinski definition) is 0. The SMILES string of the molecule is CSCCn1cnc2ccc(Sc3cnc(N4CCC5(CCCC5)CC4)cn3)c(Cl)c2c1=O. The zero-order valence-corrected chi connectivity index (χ0v) is 21.2. The molecule has 1 aliphatic carbocycles. The Hall–Kier alpha value is -1.77. The van der Waals surface area contributed by atoms with Gasteiger partial charge in [0.1, 0.15) is 10.8 Å². The van der Waals surface area contributed by atoms with E-state index in [0.29, 0.717) is 27.9 Å². The van der Waals surface area contributed by atoms with Gasteiger partial charge in [-0.2, -0.15) is 11.8 Å². The van der Waals surface area contributed by atoms with Crippen molar-refractivity contribution in [3.05, 3.63) is 46.2 Å². The van der Waals surface area contributed by atoms with Crippen LogP contribution in [0.1, 0.15) is 38.5 Å². The molecule has 0 amide bonds. The van der Waals surface area contributed by atoms with Crippen LogP contribution in [0.25, 0.3) is 10.9 Å². The summed E-state index contributed by atoms with van der Waals surface area (Å²) in [7, 11) is 0. The Balaban J connectivity index is 1.32. The molecule has 0 radical (unpaired) electrons. The minimum Gasteiger partial charge on any atom is -0.355 e. The summed E-state index contributed by atoms with van der Waals surface area (Å²) in [6.45, 7) is 2.74. The van der Waals surface area contributed by atoms with Crippen LogP contribution in [-0.4, -0.2) is 44.6 Å². The number of aromatic nitrogens is 4. The number of hydrogen-bond acceptors (Lipinski definition) is 7. The Kier molecular flexibility index (Phi) is 6.86. The Morgan fingerprint density at radius 3 is 2.55 bits per heavy atom. The maximum Gasteiger partial charge on any atom is 0.262 e. The van der Waals surface area contributed by atoms with Crippen molar-refractivity contribution in [3.8, 4) is 0 Å². The smallest absolute Gasteiger partial charge is 0.262 e. The monoisotopic (exact) mass is 501 g/mol. The molecule has 1 saturated carbocycles. The fraction of sp³-hybridized carbons (Fsp3) is 0.500. The van der Waals surface area contributed by atoms with E-state index in [9.17, 15) is 4.79 Å². The van der Waals surface area contributed by atoms with E-state index in [2.05, 4.69) is 19.9 Å². The molecule has 9 heteroatoms. The minimum absolute atomic E-state index is 0.104. The maximum atomic E-state index is 13.0. The Morgan fingerprint density at radius 2 is 1.85 bits per heavy atom. The summed E-state index contributed by atoms with van der Waals surface area (Å²) in [5.74, 6) is 1.79. The van der Waals surface area contributed by atoms with Crippen molar-refractivity contribution in [2.24, 2.45) is 5.41 Å². The van der Waals surface area contributed by atoms with Crippen LogP contribution >= 0.6 is 35.1 Å². The van der Waals surface area contributed by atoms with E-state index < -0.39 is 0 Å². The van der Waals surface area contributed by atoms with Crippen LogP contribution in [0.3, 0.4) is 0 Å². The Labute approximate surface area is 207 Å². The number of piperidine rings is 1. The summed E-state index contributed by atoms with van der Waals surface area (Å²) in [5, 5.41) is 1.65. The van der Waals surface area contributed by atoms with Crippen LogP contribution in [0.2, 0.25) is 5.02 Å². The topological polar surface area (TPSA) is 63.9 Å². The second-order valence-corrected chi connectivity index (χ2v) is 11.4. The second kappa shape index (κ2) is 9.84. The van der Waals surface area contributed by atoms with Gasteiger partial charge in [-0.15, -0.1) is 0 Å². The molecular weight excluding hydrogens is 474 g/mol. The third kappa shape index (κ3) is 4.75. The molecule has 1 aliphatic heterocycles. The molecule has 6 nitrogen and oxygen atoms in total. The highest BCUT2D eigenvalue weighted by atomic mass is 35.5. The number of anilines is 1. The molecule has 3 aromatic rings. The van der Waals surface area contributed by atoms with Gasteiger partial charge < -0.3 is 4.90 Å². The van der Waals surface area contributed by atoms with Gasteiger partial charge >= 0.3 is 0 Å². The third-order valence-electron chi connectivity index (χ3n) is 7.07. The van der Waals surface area contributed by atoms with E-state index in [0.717, 1.165) is 34.6 Å². The third-order valence-corrected chi connectivity index (χ3v) is 9.15. The van der Waals surface area contributed by atoms with Crippen molar-refractivity contribution in [3.63, 3.8) is 0 Å². The standard InChI is InChI=1S/C24H28ClN5OS2/c1-32-13-12-30-16-28-17-4-5-18(22(25)21(17)23(30)31)33-20-15-26-19(14-27-20)29-10-8-24(9-11-29)6-2-3-7-24/h4-5,14-16H,2-3,6-13H2,1H3. The highest BCUT2D eigenvalue weighted by Gasteiger charge is 2.37. The number of halogens is 1. The van der Waals surface area contributed by atoms with Crippen molar-refractivity contribution >= 4 is 51.8 Å². The highest BCUT2D eigenvalue weighted by Crippen LogP contribution is 2.46. The van der Waals surface area contributed by atoms with Gasteiger partial charge in [-0.25, -0.2) is 15.0 Å². The van der Waals surface area contributed by atoms with E-state index in [1.165, 1.54) is 50.3 Å². The molecular formula is C24H28ClN5OS2. The largest absolute Gasteiger partial charge is 0.355 e. The van der Waals surface area contributed by atoms with E-state index in [1.54, 1.807) is 28.9 Å². The molecule has 0 atom stereocenters. The molecule has 1 saturated heterocycles. The summed E-state index contributed by atoms with van der Waals surface area (Å²) in [5.41, 5.74) is 1.10. The first-order valence-corrected chi connectivity index (χ1v) is 14.1. The van der Waals surface area contributed by atoms with Crippen molar-refractivity contribution in [2.45, 2.75) is 55.0 Å². The molecule has 2 fully saturated rings. The average Bonchev–Trinajstić information content (AvgIpc) is 3.29. The molecule has 1 spiro atoms. The molecule has 0 N–H and O–H groups in total. The van der Waals surface area contributed by atoms with E-state index in [-0.39, 0.29) is 5.56 Å². The first kappa shape index (κ1) is 23.0.